The molecule has 0 aliphatic carbocycles. The van der Waals surface area contributed by atoms with E-state index >= 15 is 0 Å². The van der Waals surface area contributed by atoms with Gasteiger partial charge in [-0.05, 0) is 23.1 Å². The number of pyridine rings is 2. The van der Waals surface area contributed by atoms with Gasteiger partial charge in [-0.3, -0.25) is 5.41 Å². The van der Waals surface area contributed by atoms with E-state index in [0.717, 1.165) is 22.2 Å². The van der Waals surface area contributed by atoms with E-state index in [0.29, 0.717) is 22.4 Å². The highest BCUT2D eigenvalue weighted by molar-refractivity contribution is 6.08. The van der Waals surface area contributed by atoms with Gasteiger partial charge in [-0.25, -0.2) is 0 Å². The van der Waals surface area contributed by atoms with Gasteiger partial charge in [0.05, 0.1) is 10.9 Å². The lowest BCUT2D eigenvalue weighted by molar-refractivity contribution is 0.605. The molecule has 0 aliphatic heterocycles. The molecule has 2 N–H and O–H groups in total. The van der Waals surface area contributed by atoms with Gasteiger partial charge in [0, 0.05) is 11.3 Å². The number of nitrogens with one attached hydrogen (secondary N) is 2. The molecule has 2 aromatic carbocycles. The van der Waals surface area contributed by atoms with Gasteiger partial charge in [0.2, 0.25) is 5.71 Å². The van der Waals surface area contributed by atoms with E-state index in [4.69, 9.17) is 9.83 Å². The smallest absolute Gasteiger partial charge is 0.231 e. The van der Waals surface area contributed by atoms with Crippen molar-refractivity contribution in [3.63, 3.8) is 0 Å². The zero-order valence-electron chi connectivity index (χ0n) is 14.7. The SMILES string of the molecule is N#Cc1c(=N)nc2oc(-c3ccccc3)cc3cc(-c4ccccc4)[nH]c1c32. The summed E-state index contributed by atoms with van der Waals surface area (Å²) in [7, 11) is 0. The van der Waals surface area contributed by atoms with Gasteiger partial charge in [0.1, 0.15) is 17.4 Å². The molecule has 5 nitrogen and oxygen atoms in total. The third-order valence-electron chi connectivity index (χ3n) is 4.76. The van der Waals surface area contributed by atoms with Crippen molar-refractivity contribution in [3.8, 4) is 28.7 Å². The molecule has 132 valence electrons. The first-order chi connectivity index (χ1) is 13.7. The fourth-order valence-corrected chi connectivity index (χ4v) is 3.44. The van der Waals surface area contributed by atoms with Crippen LogP contribution in [0.25, 0.3) is 44.6 Å². The lowest BCUT2D eigenvalue weighted by atomic mass is 10.0. The van der Waals surface area contributed by atoms with E-state index in [2.05, 4.69) is 16.0 Å². The van der Waals surface area contributed by atoms with Gasteiger partial charge in [-0.1, -0.05) is 60.7 Å². The fraction of sp³-hybridized carbons (Fsp3) is 0. The Bertz CT molecular complexity index is 1420. The number of hydrogen-bond donors (Lipinski definition) is 2. The summed E-state index contributed by atoms with van der Waals surface area (Å²) in [5, 5.41) is 19.4. The zero-order valence-corrected chi connectivity index (χ0v) is 14.7. The number of aromatic amines is 1. The highest BCUT2D eigenvalue weighted by atomic mass is 16.3. The molecule has 0 amide bonds. The summed E-state index contributed by atoms with van der Waals surface area (Å²) in [6, 6.07) is 25.7. The van der Waals surface area contributed by atoms with E-state index in [9.17, 15) is 5.26 Å². The van der Waals surface area contributed by atoms with Crippen LogP contribution in [0.5, 0.6) is 0 Å². The third kappa shape index (κ3) is 2.48. The molecular formula is C23H14N4O. The molecule has 5 heteroatoms. The van der Waals surface area contributed by atoms with Gasteiger partial charge in [0.25, 0.3) is 0 Å². The maximum Gasteiger partial charge on any atom is 0.231 e. The first-order valence-corrected chi connectivity index (χ1v) is 8.81. The van der Waals surface area contributed by atoms with Gasteiger partial charge in [-0.15, -0.1) is 0 Å². The summed E-state index contributed by atoms with van der Waals surface area (Å²) in [6.07, 6.45) is 0. The van der Waals surface area contributed by atoms with Crippen molar-refractivity contribution in [2.45, 2.75) is 0 Å². The summed E-state index contributed by atoms with van der Waals surface area (Å²) < 4.78 is 6.02. The number of rotatable bonds is 2. The third-order valence-corrected chi connectivity index (χ3v) is 4.76. The van der Waals surface area contributed by atoms with E-state index < -0.39 is 0 Å². The molecule has 5 rings (SSSR count). The van der Waals surface area contributed by atoms with E-state index in [-0.39, 0.29) is 11.1 Å². The van der Waals surface area contributed by atoms with Crippen LogP contribution in [0, 0.1) is 16.7 Å². The van der Waals surface area contributed by atoms with Crippen molar-refractivity contribution < 1.29 is 4.42 Å². The Morgan fingerprint density at radius 1 is 0.929 bits per heavy atom. The first kappa shape index (κ1) is 16.0. The van der Waals surface area contributed by atoms with Gasteiger partial charge < -0.3 is 9.40 Å². The number of nitrogens with zero attached hydrogens (tertiary/aromatic N) is 2. The second-order valence-electron chi connectivity index (χ2n) is 6.48. The molecule has 5 aromatic rings. The molecular weight excluding hydrogens is 348 g/mol. The molecule has 0 bridgehead atoms. The quantitative estimate of drug-likeness (QED) is 0.463. The molecule has 0 atom stereocenters. The maximum absolute atomic E-state index is 9.59. The minimum absolute atomic E-state index is 0.105. The minimum Gasteiger partial charge on any atom is -0.438 e. The van der Waals surface area contributed by atoms with Crippen molar-refractivity contribution >= 4 is 22.0 Å². The zero-order chi connectivity index (χ0) is 19.1. The second kappa shape index (κ2) is 6.22. The molecule has 0 aliphatic rings. The molecule has 0 saturated heterocycles. The number of aromatic nitrogens is 2. The Morgan fingerprint density at radius 3 is 2.29 bits per heavy atom. The number of hydrogen-bond acceptors (Lipinski definition) is 4. The molecule has 0 fully saturated rings. The molecule has 3 aromatic heterocycles. The van der Waals surface area contributed by atoms with Crippen molar-refractivity contribution in [1.82, 2.24) is 9.97 Å². The topological polar surface area (TPSA) is 89.5 Å². The van der Waals surface area contributed by atoms with Crippen LogP contribution in [0.1, 0.15) is 5.56 Å². The van der Waals surface area contributed by atoms with Crippen LogP contribution in [-0.2, 0) is 0 Å². The van der Waals surface area contributed by atoms with Crippen LogP contribution in [0.2, 0.25) is 0 Å². The fourth-order valence-electron chi connectivity index (χ4n) is 3.44. The molecule has 28 heavy (non-hydrogen) atoms. The van der Waals surface area contributed by atoms with Crippen LogP contribution in [-0.4, -0.2) is 9.97 Å². The highest BCUT2D eigenvalue weighted by Gasteiger charge is 2.16. The molecule has 0 saturated carbocycles. The number of benzene rings is 2. The largest absolute Gasteiger partial charge is 0.438 e. The van der Waals surface area contributed by atoms with Gasteiger partial charge >= 0.3 is 0 Å². The van der Waals surface area contributed by atoms with Crippen LogP contribution in [0.15, 0.2) is 77.2 Å². The molecule has 0 unspecified atom stereocenters. The van der Waals surface area contributed by atoms with Gasteiger partial charge in [-0.2, -0.15) is 10.2 Å². The van der Waals surface area contributed by atoms with Crippen molar-refractivity contribution in [3.05, 3.63) is 83.8 Å². The van der Waals surface area contributed by atoms with Crippen LogP contribution in [0.4, 0.5) is 0 Å². The van der Waals surface area contributed by atoms with Crippen molar-refractivity contribution in [2.75, 3.05) is 0 Å². The van der Waals surface area contributed by atoms with Crippen molar-refractivity contribution in [1.29, 1.82) is 10.7 Å². The standard InChI is InChI=1S/C23H14N4O/c24-13-17-21-20-16(11-18(26-21)14-7-3-1-4-8-14)12-19(15-9-5-2-6-10-15)28-23(20)27-22(17)25/h1-12,25-26H. The lowest BCUT2D eigenvalue weighted by Gasteiger charge is -2.12. The number of nitriles is 1. The average Bonchev–Trinajstić information content (AvgIpc) is 2.74. The Hall–Kier alpha value is -4.17. The normalized spacial score (nSPS) is 11.0. The predicted molar refractivity (Wildman–Crippen MR) is 107 cm³/mol. The molecule has 0 radical (unpaired) electrons. The summed E-state index contributed by atoms with van der Waals surface area (Å²) in [4.78, 5) is 7.56. The number of H-pyrrole nitrogens is 1. The van der Waals surface area contributed by atoms with Crippen LogP contribution < -0.4 is 5.49 Å². The highest BCUT2D eigenvalue weighted by Crippen LogP contribution is 2.33. The summed E-state index contributed by atoms with van der Waals surface area (Å²) >= 11 is 0. The first-order valence-electron chi connectivity index (χ1n) is 8.81. The minimum atomic E-state index is -0.105. The van der Waals surface area contributed by atoms with Crippen LogP contribution in [0.3, 0.4) is 0 Å². The summed E-state index contributed by atoms with van der Waals surface area (Å²) in [5.41, 5.74) is 3.79. The van der Waals surface area contributed by atoms with Crippen molar-refractivity contribution in [2.24, 2.45) is 0 Å². The molecule has 3 heterocycles. The van der Waals surface area contributed by atoms with E-state index in [1.54, 1.807) is 0 Å². The summed E-state index contributed by atoms with van der Waals surface area (Å²) in [6.45, 7) is 0. The Balaban J connectivity index is 1.92. The predicted octanol–water partition coefficient (Wildman–Crippen LogP) is 4.99. The summed E-state index contributed by atoms with van der Waals surface area (Å²) in [5.74, 6) is 0.663. The van der Waals surface area contributed by atoms with Crippen LogP contribution >= 0.6 is 0 Å². The Morgan fingerprint density at radius 2 is 1.61 bits per heavy atom. The maximum atomic E-state index is 9.59. The van der Waals surface area contributed by atoms with Gasteiger partial charge in [0.15, 0.2) is 5.49 Å². The lowest BCUT2D eigenvalue weighted by Crippen LogP contribution is -2.12. The second-order valence-corrected chi connectivity index (χ2v) is 6.48. The van der Waals surface area contributed by atoms with E-state index in [1.807, 2.05) is 72.8 Å². The Kier molecular flexibility index (Phi) is 3.56. The Labute approximate surface area is 160 Å². The average molecular weight is 362 g/mol. The monoisotopic (exact) mass is 362 g/mol. The van der Waals surface area contributed by atoms with E-state index in [1.165, 1.54) is 0 Å². The molecule has 0 spiro atoms.